The third-order valence-corrected chi connectivity index (χ3v) is 8.13. The van der Waals surface area contributed by atoms with Gasteiger partial charge in [-0.1, -0.05) is 125 Å². The smallest absolute Gasteiger partial charge is 0.00260 e. The fraction of sp³-hybridized carbons (Fsp3) is 0.528. The second-order valence-electron chi connectivity index (χ2n) is 15.3. The number of fused-ring (bicyclic) bond motifs is 2. The van der Waals surface area contributed by atoms with Crippen molar-refractivity contribution in [3.8, 4) is 0 Å². The largest absolute Gasteiger partial charge is 0.168 e. The minimum atomic E-state index is 0. The van der Waals surface area contributed by atoms with Crippen LogP contribution in [0, 0.1) is 0 Å². The molecule has 198 valence electrons. The number of hydrogen-bond donors (Lipinski definition) is 0. The molecule has 0 bridgehead atoms. The van der Waals surface area contributed by atoms with E-state index in [0.29, 0.717) is 5.92 Å². The summed E-state index contributed by atoms with van der Waals surface area (Å²) in [6, 6.07) is 14.4. The maximum Gasteiger partial charge on any atom is 0.00260 e. The van der Waals surface area contributed by atoms with Crippen LogP contribution in [0.4, 0.5) is 0 Å². The van der Waals surface area contributed by atoms with Crippen LogP contribution in [0.25, 0.3) is 16.8 Å². The van der Waals surface area contributed by atoms with Crippen LogP contribution in [0.2, 0.25) is 0 Å². The summed E-state index contributed by atoms with van der Waals surface area (Å²) < 4.78 is 0. The molecule has 1 aliphatic rings. The summed E-state index contributed by atoms with van der Waals surface area (Å²) in [5.41, 5.74) is 11.1. The quantitative estimate of drug-likeness (QED) is 0.194. The molecule has 0 spiro atoms. The van der Waals surface area contributed by atoms with E-state index in [9.17, 15) is 0 Å². The third kappa shape index (κ3) is 5.83. The Hall–Kier alpha value is -1.34. The van der Waals surface area contributed by atoms with Gasteiger partial charge in [0.05, 0.1) is 0 Å². The summed E-state index contributed by atoms with van der Waals surface area (Å²) in [6.45, 7) is 28.2. The van der Waals surface area contributed by atoms with Crippen molar-refractivity contribution in [1.29, 1.82) is 0 Å². The Morgan fingerprint density at radius 1 is 0.622 bits per heavy atom. The summed E-state index contributed by atoms with van der Waals surface area (Å²) >= 11 is 0. The van der Waals surface area contributed by atoms with Gasteiger partial charge in [0.25, 0.3) is 0 Å². The monoisotopic (exact) mass is 661 g/mol. The molecule has 3 aromatic carbocycles. The predicted molar refractivity (Wildman–Crippen MR) is 161 cm³/mol. The van der Waals surface area contributed by atoms with E-state index in [1.807, 2.05) is 0 Å². The molecule has 1 aliphatic carbocycles. The fourth-order valence-corrected chi connectivity index (χ4v) is 6.28. The number of allylic oxidation sites excluding steroid dienone is 1. The van der Waals surface area contributed by atoms with Crippen molar-refractivity contribution in [3.63, 3.8) is 0 Å². The number of hydrogen-bond acceptors (Lipinski definition) is 0. The van der Waals surface area contributed by atoms with Crippen LogP contribution < -0.4 is 0 Å². The van der Waals surface area contributed by atoms with E-state index in [0.717, 1.165) is 12.8 Å². The Morgan fingerprint density at radius 2 is 1.11 bits per heavy atom. The average Bonchev–Trinajstić information content (AvgIpc) is 3.32. The molecule has 1 heteroatoms. The van der Waals surface area contributed by atoms with Gasteiger partial charge in [-0.15, -0.1) is 34.0 Å². The minimum absolute atomic E-state index is 0. The van der Waals surface area contributed by atoms with Crippen molar-refractivity contribution < 1.29 is 25.8 Å². The van der Waals surface area contributed by atoms with Crippen LogP contribution in [-0.4, -0.2) is 0 Å². The molecule has 0 radical (unpaired) electrons. The minimum Gasteiger partial charge on any atom is -0.168 e. The van der Waals surface area contributed by atoms with Gasteiger partial charge in [0, 0.05) is 31.8 Å². The van der Waals surface area contributed by atoms with Gasteiger partial charge >= 0.3 is 0 Å². The van der Waals surface area contributed by atoms with Crippen LogP contribution in [0.3, 0.4) is 0 Å². The van der Waals surface area contributed by atoms with Crippen molar-refractivity contribution in [1.82, 2.24) is 0 Å². The molecular formula is C36H49Hf-. The maximum atomic E-state index is 2.49. The zero-order valence-corrected chi connectivity index (χ0v) is 29.2. The SMILES string of the molecule is CC(C)(C)c1ccc(C(C)(C)C)c2c1C=CC2CC[c-]1ccc2c(C(C)(C)C)ccc(C(C)(C)C)c21.[Hf]. The maximum absolute atomic E-state index is 2.49. The normalized spacial score (nSPS) is 16.3. The van der Waals surface area contributed by atoms with E-state index >= 15 is 0 Å². The molecule has 0 aromatic heterocycles. The van der Waals surface area contributed by atoms with Crippen molar-refractivity contribution in [2.75, 3.05) is 0 Å². The molecule has 0 saturated heterocycles. The zero-order valence-electron chi connectivity index (χ0n) is 25.6. The van der Waals surface area contributed by atoms with Crippen molar-refractivity contribution in [3.05, 3.63) is 81.4 Å². The van der Waals surface area contributed by atoms with E-state index < -0.39 is 0 Å². The molecule has 37 heavy (non-hydrogen) atoms. The molecule has 1 atom stereocenters. The van der Waals surface area contributed by atoms with E-state index in [1.54, 1.807) is 5.56 Å². The van der Waals surface area contributed by atoms with Crippen molar-refractivity contribution in [2.24, 2.45) is 0 Å². The van der Waals surface area contributed by atoms with Gasteiger partial charge in [-0.05, 0) is 50.3 Å². The van der Waals surface area contributed by atoms with Gasteiger partial charge in [0.2, 0.25) is 0 Å². The second-order valence-corrected chi connectivity index (χ2v) is 15.3. The van der Waals surface area contributed by atoms with E-state index in [-0.39, 0.29) is 47.5 Å². The molecule has 0 N–H and O–H groups in total. The van der Waals surface area contributed by atoms with Gasteiger partial charge < -0.3 is 0 Å². The third-order valence-electron chi connectivity index (χ3n) is 8.13. The molecule has 0 aliphatic heterocycles. The van der Waals surface area contributed by atoms with E-state index in [1.165, 1.54) is 44.2 Å². The molecule has 0 nitrogen and oxygen atoms in total. The predicted octanol–water partition coefficient (Wildman–Crippen LogP) is 10.5. The first-order valence-electron chi connectivity index (χ1n) is 14.0. The molecular weight excluding hydrogens is 611 g/mol. The Kier molecular flexibility index (Phi) is 8.17. The summed E-state index contributed by atoms with van der Waals surface area (Å²) in [7, 11) is 0. The summed E-state index contributed by atoms with van der Waals surface area (Å²) in [4.78, 5) is 0. The van der Waals surface area contributed by atoms with Crippen LogP contribution in [0.5, 0.6) is 0 Å². The summed E-state index contributed by atoms with van der Waals surface area (Å²) in [5.74, 6) is 0.477. The van der Waals surface area contributed by atoms with Crippen molar-refractivity contribution >= 4 is 16.8 Å². The molecule has 3 aromatic rings. The Bertz CT molecular complexity index is 1300. The molecule has 0 heterocycles. The summed E-state index contributed by atoms with van der Waals surface area (Å²) in [5, 5.41) is 2.97. The van der Waals surface area contributed by atoms with Gasteiger partial charge in [0.1, 0.15) is 0 Å². The van der Waals surface area contributed by atoms with E-state index in [4.69, 9.17) is 0 Å². The fourth-order valence-electron chi connectivity index (χ4n) is 6.28. The standard InChI is InChI=1S/C36H49.Hf/c1-33(2,3)27-19-21-29(35(7,8)9)31-23(15-17-25(27)31)13-14-24-16-18-26-28(34(4,5)6)20-22-30(32(24)26)36(10,11)12;/h15-23H,13-14H2,1-12H3;/q-1;. The second kappa shape index (κ2) is 10.0. The van der Waals surface area contributed by atoms with Gasteiger partial charge in [0.15, 0.2) is 0 Å². The van der Waals surface area contributed by atoms with Gasteiger partial charge in [-0.2, -0.15) is 6.07 Å². The van der Waals surface area contributed by atoms with E-state index in [2.05, 4.69) is 132 Å². The van der Waals surface area contributed by atoms with Crippen LogP contribution in [0.15, 0.2) is 42.5 Å². The molecule has 0 amide bonds. The molecule has 1 unspecified atom stereocenters. The topological polar surface area (TPSA) is 0 Å². The average molecular weight is 660 g/mol. The summed E-state index contributed by atoms with van der Waals surface area (Å²) in [6.07, 6.45) is 7.18. The first kappa shape index (κ1) is 30.2. The molecule has 4 rings (SSSR count). The first-order chi connectivity index (χ1) is 16.4. The molecule has 0 fully saturated rings. The number of aryl methyl sites for hydroxylation is 1. The van der Waals surface area contributed by atoms with Crippen LogP contribution >= 0.6 is 0 Å². The first-order valence-corrected chi connectivity index (χ1v) is 14.0. The Balaban J connectivity index is 0.00000380. The Morgan fingerprint density at radius 3 is 1.65 bits per heavy atom. The van der Waals surface area contributed by atoms with Gasteiger partial charge in [-0.25, -0.2) is 0 Å². The van der Waals surface area contributed by atoms with Crippen molar-refractivity contribution in [2.45, 2.75) is 124 Å². The Labute approximate surface area is 246 Å². The number of benzene rings is 2. The molecule has 0 saturated carbocycles. The van der Waals surface area contributed by atoms with Crippen LogP contribution in [-0.2, 0) is 53.9 Å². The zero-order chi connectivity index (χ0) is 26.8. The van der Waals surface area contributed by atoms with Crippen LogP contribution in [0.1, 0.15) is 134 Å². The van der Waals surface area contributed by atoms with Gasteiger partial charge in [-0.3, -0.25) is 0 Å². The number of rotatable bonds is 3.